The molecule has 2 aromatic carbocycles. The van der Waals surface area contributed by atoms with Crippen molar-refractivity contribution in [2.24, 2.45) is 0 Å². The van der Waals surface area contributed by atoms with E-state index in [9.17, 15) is 4.79 Å². The summed E-state index contributed by atoms with van der Waals surface area (Å²) < 4.78 is 5.06. The first-order valence-corrected chi connectivity index (χ1v) is 5.77. The fraction of sp³-hybridized carbons (Fsp3) is 0.0714. The van der Waals surface area contributed by atoms with Crippen LogP contribution >= 0.6 is 11.6 Å². The smallest absolute Gasteiger partial charge is 0.411 e. The van der Waals surface area contributed by atoms with Crippen molar-refractivity contribution in [3.63, 3.8) is 0 Å². The van der Waals surface area contributed by atoms with Gasteiger partial charge in [-0.3, -0.25) is 5.32 Å². The Morgan fingerprint density at radius 3 is 2.67 bits per heavy atom. The van der Waals surface area contributed by atoms with Gasteiger partial charge in [-0.05, 0) is 17.7 Å². The molecule has 0 aromatic heterocycles. The van der Waals surface area contributed by atoms with E-state index in [0.29, 0.717) is 10.7 Å². The van der Waals surface area contributed by atoms with Gasteiger partial charge in [-0.1, -0.05) is 48.0 Å². The lowest BCUT2D eigenvalue weighted by molar-refractivity contribution is 0.155. The molecule has 0 atom stereocenters. The highest BCUT2D eigenvalue weighted by Gasteiger charge is 2.04. The molecule has 91 valence electrons. The Morgan fingerprint density at radius 1 is 1.17 bits per heavy atom. The van der Waals surface area contributed by atoms with E-state index in [2.05, 4.69) is 11.4 Å². The number of benzene rings is 2. The maximum atomic E-state index is 11.5. The van der Waals surface area contributed by atoms with E-state index in [1.165, 1.54) is 0 Å². The third-order valence-electron chi connectivity index (χ3n) is 2.21. The van der Waals surface area contributed by atoms with Gasteiger partial charge in [-0.2, -0.15) is 0 Å². The van der Waals surface area contributed by atoms with E-state index in [-0.39, 0.29) is 6.61 Å². The number of rotatable bonds is 3. The number of halogens is 1. The van der Waals surface area contributed by atoms with E-state index < -0.39 is 6.09 Å². The monoisotopic (exact) mass is 260 g/mol. The first-order chi connectivity index (χ1) is 8.74. The van der Waals surface area contributed by atoms with Crippen LogP contribution in [0.3, 0.4) is 0 Å². The van der Waals surface area contributed by atoms with Crippen LogP contribution in [0.4, 0.5) is 10.5 Å². The Hall–Kier alpha value is -2.00. The maximum Gasteiger partial charge on any atom is 0.411 e. The van der Waals surface area contributed by atoms with Crippen molar-refractivity contribution in [3.8, 4) is 0 Å². The molecule has 0 heterocycles. The van der Waals surface area contributed by atoms with Gasteiger partial charge in [0.2, 0.25) is 0 Å². The summed E-state index contributed by atoms with van der Waals surface area (Å²) in [7, 11) is 0. The van der Waals surface area contributed by atoms with Gasteiger partial charge in [-0.25, -0.2) is 4.79 Å². The summed E-state index contributed by atoms with van der Waals surface area (Å²) in [5.74, 6) is 0. The molecule has 18 heavy (non-hydrogen) atoms. The second-order valence-electron chi connectivity index (χ2n) is 3.60. The number of ether oxygens (including phenoxy) is 1. The van der Waals surface area contributed by atoms with Crippen molar-refractivity contribution >= 4 is 23.4 Å². The van der Waals surface area contributed by atoms with Crippen LogP contribution < -0.4 is 5.32 Å². The number of carbonyl (C=O) groups excluding carboxylic acids is 1. The minimum atomic E-state index is -0.530. The molecule has 0 saturated heterocycles. The molecule has 0 bridgehead atoms. The average molecular weight is 261 g/mol. The summed E-state index contributed by atoms with van der Waals surface area (Å²) >= 11 is 5.75. The number of hydrogen-bond donors (Lipinski definition) is 1. The van der Waals surface area contributed by atoms with E-state index in [1.54, 1.807) is 18.2 Å². The molecular formula is C14H11ClNO2. The molecule has 0 aliphatic carbocycles. The van der Waals surface area contributed by atoms with E-state index >= 15 is 0 Å². The van der Waals surface area contributed by atoms with Gasteiger partial charge in [0.05, 0.1) is 10.7 Å². The van der Waals surface area contributed by atoms with Crippen molar-refractivity contribution in [1.82, 2.24) is 0 Å². The predicted octanol–water partition coefficient (Wildman–Crippen LogP) is 3.89. The summed E-state index contributed by atoms with van der Waals surface area (Å²) in [6.07, 6.45) is -0.530. The quantitative estimate of drug-likeness (QED) is 0.909. The summed E-state index contributed by atoms with van der Waals surface area (Å²) in [5.41, 5.74) is 1.42. The molecule has 1 radical (unpaired) electrons. The second-order valence-corrected chi connectivity index (χ2v) is 4.01. The Balaban J connectivity index is 1.86. The zero-order valence-electron chi connectivity index (χ0n) is 9.52. The van der Waals surface area contributed by atoms with Crippen molar-refractivity contribution < 1.29 is 9.53 Å². The lowest BCUT2D eigenvalue weighted by atomic mass is 10.2. The summed E-state index contributed by atoms with van der Waals surface area (Å²) in [6, 6.07) is 17.4. The topological polar surface area (TPSA) is 38.3 Å². The Kier molecular flexibility index (Phi) is 4.20. The predicted molar refractivity (Wildman–Crippen MR) is 70.5 cm³/mol. The minimum Gasteiger partial charge on any atom is -0.444 e. The van der Waals surface area contributed by atoms with Crippen LogP contribution in [0.25, 0.3) is 0 Å². The first-order valence-electron chi connectivity index (χ1n) is 5.39. The van der Waals surface area contributed by atoms with E-state index in [0.717, 1.165) is 5.56 Å². The van der Waals surface area contributed by atoms with Crippen LogP contribution in [0, 0.1) is 6.07 Å². The molecule has 0 aliphatic rings. The van der Waals surface area contributed by atoms with E-state index in [1.807, 2.05) is 30.3 Å². The molecule has 0 saturated carbocycles. The highest BCUT2D eigenvalue weighted by atomic mass is 35.5. The Labute approximate surface area is 110 Å². The zero-order chi connectivity index (χ0) is 12.8. The number of hydrogen-bond acceptors (Lipinski definition) is 2. The van der Waals surface area contributed by atoms with Gasteiger partial charge in [0.25, 0.3) is 0 Å². The minimum absolute atomic E-state index is 0.229. The average Bonchev–Trinajstić information content (AvgIpc) is 2.38. The maximum absolute atomic E-state index is 11.5. The van der Waals surface area contributed by atoms with Crippen LogP contribution in [-0.2, 0) is 11.3 Å². The summed E-state index contributed by atoms with van der Waals surface area (Å²) in [4.78, 5) is 11.5. The highest BCUT2D eigenvalue weighted by molar-refractivity contribution is 6.30. The molecule has 2 rings (SSSR count). The largest absolute Gasteiger partial charge is 0.444 e. The van der Waals surface area contributed by atoms with Gasteiger partial charge in [0.1, 0.15) is 6.61 Å². The van der Waals surface area contributed by atoms with E-state index in [4.69, 9.17) is 16.3 Å². The third-order valence-corrected chi connectivity index (χ3v) is 2.43. The van der Waals surface area contributed by atoms with Gasteiger partial charge in [-0.15, -0.1) is 0 Å². The van der Waals surface area contributed by atoms with Crippen molar-refractivity contribution in [2.75, 3.05) is 5.32 Å². The fourth-order valence-electron chi connectivity index (χ4n) is 1.38. The highest BCUT2D eigenvalue weighted by Crippen LogP contribution is 2.14. The molecule has 4 heteroatoms. The van der Waals surface area contributed by atoms with Crippen LogP contribution in [0.1, 0.15) is 5.56 Å². The fourth-order valence-corrected chi connectivity index (χ4v) is 1.56. The summed E-state index contributed by atoms with van der Waals surface area (Å²) in [5, 5.41) is 2.99. The lowest BCUT2D eigenvalue weighted by Crippen LogP contribution is -2.13. The Bertz CT molecular complexity index is 528. The van der Waals surface area contributed by atoms with Gasteiger partial charge < -0.3 is 4.74 Å². The normalized spacial score (nSPS) is 9.83. The standard InChI is InChI=1S/C14H11ClNO2/c15-12-7-4-8-13(9-12)16-14(17)18-10-11-5-2-1-3-6-11/h1-8H,10H2,(H,16,17). The number of carbonyl (C=O) groups is 1. The number of amides is 1. The molecule has 0 unspecified atom stereocenters. The number of anilines is 1. The molecule has 0 fully saturated rings. The van der Waals surface area contributed by atoms with Gasteiger partial charge in [0.15, 0.2) is 0 Å². The van der Waals surface area contributed by atoms with Crippen LogP contribution in [0.2, 0.25) is 5.02 Å². The third kappa shape index (κ3) is 3.79. The summed E-state index contributed by atoms with van der Waals surface area (Å²) in [6.45, 7) is 0.229. The van der Waals surface area contributed by atoms with Gasteiger partial charge in [0, 0.05) is 6.07 Å². The molecule has 1 amide bonds. The zero-order valence-corrected chi connectivity index (χ0v) is 10.3. The second kappa shape index (κ2) is 6.07. The van der Waals surface area contributed by atoms with Crippen molar-refractivity contribution in [1.29, 1.82) is 0 Å². The molecule has 3 nitrogen and oxygen atoms in total. The lowest BCUT2D eigenvalue weighted by Gasteiger charge is -2.06. The van der Waals surface area contributed by atoms with Gasteiger partial charge >= 0.3 is 6.09 Å². The first kappa shape index (κ1) is 12.5. The molecule has 2 aromatic rings. The van der Waals surface area contributed by atoms with Crippen molar-refractivity contribution in [3.05, 3.63) is 65.2 Å². The number of nitrogens with one attached hydrogen (secondary N) is 1. The SMILES string of the molecule is O=C(Nc1[c]c(Cl)ccc1)OCc1ccccc1. The molecule has 0 spiro atoms. The molecular weight excluding hydrogens is 250 g/mol. The van der Waals surface area contributed by atoms with Crippen molar-refractivity contribution in [2.45, 2.75) is 6.61 Å². The van der Waals surface area contributed by atoms with Crippen LogP contribution in [0.15, 0.2) is 48.5 Å². The van der Waals surface area contributed by atoms with Crippen LogP contribution in [0.5, 0.6) is 0 Å². The Morgan fingerprint density at radius 2 is 1.94 bits per heavy atom. The molecule has 0 aliphatic heterocycles. The van der Waals surface area contributed by atoms with Crippen LogP contribution in [-0.4, -0.2) is 6.09 Å². The molecule has 1 N–H and O–H groups in total.